The van der Waals surface area contributed by atoms with E-state index in [0.717, 1.165) is 19.4 Å². The van der Waals surface area contributed by atoms with E-state index in [0.29, 0.717) is 12.5 Å². The molecule has 2 aromatic carbocycles. The standard InChI is InChI=1S/C22H30N4O2.HI/c1-16(18-11-10-17-7-4-5-8-19(17)13-18)25-22(24-15-21(27)26(2)3)23-14-20-9-6-12-28-20;/h4-5,7-8,10-11,13,16,20H,6,9,12,14-15H2,1-3H3,(H2,23,24,25);1H. The molecule has 0 saturated carbocycles. The number of fused-ring (bicyclic) bond motifs is 1. The fraction of sp³-hybridized carbons (Fsp3) is 0.455. The average molecular weight is 510 g/mol. The lowest BCUT2D eigenvalue weighted by atomic mass is 10.0. The Labute approximate surface area is 190 Å². The topological polar surface area (TPSA) is 66.0 Å². The third kappa shape index (κ3) is 6.85. The maximum absolute atomic E-state index is 11.9. The number of rotatable bonds is 6. The van der Waals surface area contributed by atoms with Crippen LogP contribution in [0.3, 0.4) is 0 Å². The lowest BCUT2D eigenvalue weighted by Gasteiger charge is -2.21. The number of nitrogens with one attached hydrogen (secondary N) is 2. The largest absolute Gasteiger partial charge is 0.376 e. The first-order valence-electron chi connectivity index (χ1n) is 9.88. The number of hydrogen-bond donors (Lipinski definition) is 2. The summed E-state index contributed by atoms with van der Waals surface area (Å²) in [6.07, 6.45) is 2.35. The van der Waals surface area contributed by atoms with Crippen LogP contribution in [0.5, 0.6) is 0 Å². The minimum atomic E-state index is -0.0309. The number of guanidine groups is 1. The second kappa shape index (κ2) is 11.3. The highest BCUT2D eigenvalue weighted by Crippen LogP contribution is 2.20. The summed E-state index contributed by atoms with van der Waals surface area (Å²) in [4.78, 5) is 18.0. The van der Waals surface area contributed by atoms with Crippen molar-refractivity contribution in [3.8, 4) is 0 Å². The summed E-state index contributed by atoms with van der Waals surface area (Å²) >= 11 is 0. The van der Waals surface area contributed by atoms with Gasteiger partial charge in [0.25, 0.3) is 0 Å². The van der Waals surface area contributed by atoms with Gasteiger partial charge in [-0.05, 0) is 42.2 Å². The summed E-state index contributed by atoms with van der Waals surface area (Å²) in [5.41, 5.74) is 1.17. The Morgan fingerprint density at radius 3 is 2.69 bits per heavy atom. The van der Waals surface area contributed by atoms with Crippen molar-refractivity contribution in [2.24, 2.45) is 4.99 Å². The van der Waals surface area contributed by atoms with Crippen LogP contribution in [-0.4, -0.2) is 56.7 Å². The van der Waals surface area contributed by atoms with E-state index in [1.807, 2.05) is 12.1 Å². The average Bonchev–Trinajstić information content (AvgIpc) is 3.22. The van der Waals surface area contributed by atoms with Crippen LogP contribution in [0.25, 0.3) is 10.8 Å². The van der Waals surface area contributed by atoms with Crippen molar-refractivity contribution in [2.75, 3.05) is 33.8 Å². The van der Waals surface area contributed by atoms with Crippen LogP contribution in [0, 0.1) is 0 Å². The molecule has 0 spiro atoms. The van der Waals surface area contributed by atoms with Gasteiger partial charge in [-0.25, -0.2) is 4.99 Å². The maximum Gasteiger partial charge on any atom is 0.243 e. The predicted octanol–water partition coefficient (Wildman–Crippen LogP) is 3.32. The molecule has 2 N–H and O–H groups in total. The van der Waals surface area contributed by atoms with Crippen LogP contribution < -0.4 is 10.6 Å². The molecule has 6 nitrogen and oxygen atoms in total. The van der Waals surface area contributed by atoms with E-state index in [-0.39, 0.29) is 48.6 Å². The second-order valence-corrected chi connectivity index (χ2v) is 7.44. The molecule has 2 atom stereocenters. The zero-order valence-corrected chi connectivity index (χ0v) is 19.7. The molecule has 1 fully saturated rings. The third-order valence-corrected chi connectivity index (χ3v) is 5.02. The Morgan fingerprint density at radius 2 is 2.00 bits per heavy atom. The number of benzene rings is 2. The molecule has 0 bridgehead atoms. The van der Waals surface area contributed by atoms with Gasteiger partial charge in [0.1, 0.15) is 6.54 Å². The Balaban J connectivity index is 0.00000300. The van der Waals surface area contributed by atoms with Crippen molar-refractivity contribution in [1.29, 1.82) is 0 Å². The molecule has 1 aliphatic rings. The van der Waals surface area contributed by atoms with Crippen molar-refractivity contribution < 1.29 is 9.53 Å². The number of aliphatic imine (C=N–C) groups is 1. The Kier molecular flexibility index (Phi) is 9.16. The third-order valence-electron chi connectivity index (χ3n) is 5.02. The Bertz CT molecular complexity index is 834. The molecule has 3 rings (SSSR count). The zero-order valence-electron chi connectivity index (χ0n) is 17.4. The van der Waals surface area contributed by atoms with E-state index in [4.69, 9.17) is 4.74 Å². The van der Waals surface area contributed by atoms with E-state index in [9.17, 15) is 4.79 Å². The van der Waals surface area contributed by atoms with Crippen LogP contribution in [0.1, 0.15) is 31.4 Å². The highest BCUT2D eigenvalue weighted by Gasteiger charge is 2.17. The van der Waals surface area contributed by atoms with Gasteiger partial charge >= 0.3 is 0 Å². The summed E-state index contributed by atoms with van der Waals surface area (Å²) in [7, 11) is 3.48. The molecular weight excluding hydrogens is 479 g/mol. The molecule has 1 saturated heterocycles. The molecule has 7 heteroatoms. The fourth-order valence-electron chi connectivity index (χ4n) is 3.22. The van der Waals surface area contributed by atoms with Crippen LogP contribution in [0.4, 0.5) is 0 Å². The van der Waals surface area contributed by atoms with Crippen molar-refractivity contribution in [2.45, 2.75) is 31.9 Å². The van der Waals surface area contributed by atoms with Gasteiger partial charge in [0, 0.05) is 27.2 Å². The fourth-order valence-corrected chi connectivity index (χ4v) is 3.22. The maximum atomic E-state index is 11.9. The molecule has 1 heterocycles. The number of hydrogen-bond acceptors (Lipinski definition) is 3. The first-order chi connectivity index (χ1) is 13.5. The van der Waals surface area contributed by atoms with E-state index < -0.39 is 0 Å². The number of halogens is 1. The zero-order chi connectivity index (χ0) is 19.9. The van der Waals surface area contributed by atoms with Gasteiger partial charge in [0.2, 0.25) is 5.91 Å². The Morgan fingerprint density at radius 1 is 1.24 bits per heavy atom. The van der Waals surface area contributed by atoms with E-state index >= 15 is 0 Å². The monoisotopic (exact) mass is 510 g/mol. The quantitative estimate of drug-likeness (QED) is 0.356. The summed E-state index contributed by atoms with van der Waals surface area (Å²) < 4.78 is 5.68. The smallest absolute Gasteiger partial charge is 0.243 e. The van der Waals surface area contributed by atoms with Crippen molar-refractivity contribution in [1.82, 2.24) is 15.5 Å². The predicted molar refractivity (Wildman–Crippen MR) is 129 cm³/mol. The lowest BCUT2D eigenvalue weighted by Crippen LogP contribution is -2.42. The van der Waals surface area contributed by atoms with Gasteiger partial charge in [-0.1, -0.05) is 36.4 Å². The molecule has 2 unspecified atom stereocenters. The minimum absolute atomic E-state index is 0. The van der Waals surface area contributed by atoms with Crippen LogP contribution in [-0.2, 0) is 9.53 Å². The molecule has 29 heavy (non-hydrogen) atoms. The van der Waals surface area contributed by atoms with Gasteiger partial charge in [-0.3, -0.25) is 4.79 Å². The van der Waals surface area contributed by atoms with Crippen LogP contribution >= 0.6 is 24.0 Å². The SMILES string of the molecule is CC(NC(=NCC(=O)N(C)C)NCC1CCCO1)c1ccc2ccccc2c1.I. The number of carbonyl (C=O) groups is 1. The van der Waals surface area contributed by atoms with Crippen molar-refractivity contribution >= 4 is 46.6 Å². The van der Waals surface area contributed by atoms with E-state index in [1.165, 1.54) is 16.3 Å². The molecule has 0 aliphatic carbocycles. The van der Waals surface area contributed by atoms with Gasteiger partial charge in [0.15, 0.2) is 5.96 Å². The number of carbonyl (C=O) groups excluding carboxylic acids is 1. The molecule has 0 aromatic heterocycles. The Hall–Kier alpha value is -1.87. The molecule has 2 aromatic rings. The summed E-state index contributed by atoms with van der Waals surface area (Å²) in [6.45, 7) is 3.71. The van der Waals surface area contributed by atoms with Gasteiger partial charge in [-0.15, -0.1) is 24.0 Å². The van der Waals surface area contributed by atoms with E-state index in [1.54, 1.807) is 19.0 Å². The molecule has 1 amide bonds. The first kappa shape index (κ1) is 23.4. The first-order valence-corrected chi connectivity index (χ1v) is 9.88. The summed E-state index contributed by atoms with van der Waals surface area (Å²) in [5, 5.41) is 9.20. The summed E-state index contributed by atoms with van der Waals surface area (Å²) in [6, 6.07) is 14.8. The van der Waals surface area contributed by atoms with Gasteiger partial charge < -0.3 is 20.3 Å². The van der Waals surface area contributed by atoms with Crippen molar-refractivity contribution in [3.63, 3.8) is 0 Å². The molecule has 1 aliphatic heterocycles. The van der Waals surface area contributed by atoms with E-state index in [2.05, 4.69) is 52.9 Å². The number of ether oxygens (including phenoxy) is 1. The minimum Gasteiger partial charge on any atom is -0.376 e. The van der Waals surface area contributed by atoms with Crippen molar-refractivity contribution in [3.05, 3.63) is 48.0 Å². The van der Waals surface area contributed by atoms with Crippen LogP contribution in [0.15, 0.2) is 47.5 Å². The number of likely N-dealkylation sites (N-methyl/N-ethyl adjacent to an activating group) is 1. The highest BCUT2D eigenvalue weighted by atomic mass is 127. The van der Waals surface area contributed by atoms with Gasteiger partial charge in [-0.2, -0.15) is 0 Å². The molecule has 158 valence electrons. The number of amides is 1. The van der Waals surface area contributed by atoms with Gasteiger partial charge in [0.05, 0.1) is 12.1 Å². The molecule has 0 radical (unpaired) electrons. The normalized spacial score (nSPS) is 17.5. The summed E-state index contributed by atoms with van der Waals surface area (Å²) in [5.74, 6) is 0.600. The number of nitrogens with zero attached hydrogens (tertiary/aromatic N) is 2. The lowest BCUT2D eigenvalue weighted by molar-refractivity contribution is -0.127. The molecular formula is C22H31IN4O2. The highest BCUT2D eigenvalue weighted by molar-refractivity contribution is 14.0. The second-order valence-electron chi connectivity index (χ2n) is 7.44. The van der Waals surface area contributed by atoms with Crippen LogP contribution in [0.2, 0.25) is 0 Å².